The minimum atomic E-state index is -0.892. The molecule has 1 saturated carbocycles. The van der Waals surface area contributed by atoms with Crippen molar-refractivity contribution in [1.29, 1.82) is 0 Å². The average molecular weight is 541 g/mol. The number of halogens is 2. The highest BCUT2D eigenvalue weighted by Gasteiger charge is 2.31. The first-order valence-electron chi connectivity index (χ1n) is 12.6. The second-order valence-electron chi connectivity index (χ2n) is 9.65. The molecule has 3 aromatic rings. The van der Waals surface area contributed by atoms with Crippen molar-refractivity contribution in [3.8, 4) is 22.8 Å². The number of fused-ring (bicyclic) bond motifs is 1. The van der Waals surface area contributed by atoms with Gasteiger partial charge in [0.05, 0.1) is 50.8 Å². The van der Waals surface area contributed by atoms with Crippen molar-refractivity contribution in [1.82, 2.24) is 20.3 Å². The van der Waals surface area contributed by atoms with Crippen LogP contribution >= 0.6 is 0 Å². The molecule has 12 heteroatoms. The van der Waals surface area contributed by atoms with Crippen LogP contribution in [-0.2, 0) is 9.53 Å². The molecule has 2 aromatic heterocycles. The number of hydrogen-bond acceptors (Lipinski definition) is 9. The van der Waals surface area contributed by atoms with Gasteiger partial charge < -0.3 is 30.2 Å². The third kappa shape index (κ3) is 5.42. The van der Waals surface area contributed by atoms with E-state index in [0.717, 1.165) is 18.9 Å². The molecule has 3 heterocycles. The predicted molar refractivity (Wildman–Crippen MR) is 142 cm³/mol. The number of nitrogens with one attached hydrogen (secondary N) is 3. The van der Waals surface area contributed by atoms with Crippen LogP contribution in [0.4, 0.5) is 20.5 Å². The molecule has 1 saturated heterocycles. The number of ether oxygens (including phenoxy) is 3. The zero-order chi connectivity index (χ0) is 27.7. The van der Waals surface area contributed by atoms with Gasteiger partial charge in [0, 0.05) is 23.7 Å². The van der Waals surface area contributed by atoms with E-state index in [1.807, 2.05) is 6.92 Å². The Labute approximate surface area is 224 Å². The highest BCUT2D eigenvalue weighted by Crippen LogP contribution is 2.39. The number of pyridine rings is 1. The molecule has 0 unspecified atom stereocenters. The first kappa shape index (κ1) is 26.5. The molecule has 1 aromatic carbocycles. The van der Waals surface area contributed by atoms with Crippen LogP contribution in [0, 0.1) is 17.6 Å². The van der Waals surface area contributed by atoms with Gasteiger partial charge in [-0.3, -0.25) is 4.79 Å². The Balaban J connectivity index is 1.56. The lowest BCUT2D eigenvalue weighted by Gasteiger charge is -2.20. The van der Waals surface area contributed by atoms with Gasteiger partial charge in [0.15, 0.2) is 29.0 Å². The van der Waals surface area contributed by atoms with Gasteiger partial charge in [-0.15, -0.1) is 0 Å². The van der Waals surface area contributed by atoms with Gasteiger partial charge >= 0.3 is 0 Å². The Kier molecular flexibility index (Phi) is 7.47. The molecule has 0 bridgehead atoms. The van der Waals surface area contributed by atoms with E-state index < -0.39 is 11.6 Å². The molecule has 1 aliphatic carbocycles. The van der Waals surface area contributed by atoms with E-state index in [0.29, 0.717) is 41.8 Å². The molecular weight excluding hydrogens is 510 g/mol. The standard InChI is InChI=1S/C27H30F2N6O4/c1-5-21(36)32-17-11-39-12-18(17)34-27-30-10-15-8-16(22-23(28)19(37-3)9-20(38-4)24(22)29)33-26(25(15)35-27)31-13(2)14-6-7-14/h5,8-10,13-14,17-18H,1,6-7,11-12H2,2-4H3,(H,31,33)(H,32,36)(H,30,34,35)/t13-,17-,18+/m0/s1. The van der Waals surface area contributed by atoms with Crippen molar-refractivity contribution in [2.75, 3.05) is 38.1 Å². The Morgan fingerprint density at radius 3 is 2.46 bits per heavy atom. The van der Waals surface area contributed by atoms with Gasteiger partial charge in [0.1, 0.15) is 5.52 Å². The molecular formula is C27H30F2N6O4. The van der Waals surface area contributed by atoms with Crippen LogP contribution in [0.3, 0.4) is 0 Å². The van der Waals surface area contributed by atoms with E-state index in [1.54, 1.807) is 6.20 Å². The first-order chi connectivity index (χ1) is 18.8. The number of carbonyl (C=O) groups excluding carboxylic acids is 1. The third-order valence-corrected chi connectivity index (χ3v) is 7.00. The van der Waals surface area contributed by atoms with E-state index in [-0.39, 0.29) is 46.8 Å². The minimum absolute atomic E-state index is 0.0425. The number of rotatable bonds is 10. The van der Waals surface area contributed by atoms with E-state index in [2.05, 4.69) is 37.5 Å². The summed E-state index contributed by atoms with van der Waals surface area (Å²) in [5.41, 5.74) is 0.146. The lowest BCUT2D eigenvalue weighted by atomic mass is 10.1. The van der Waals surface area contributed by atoms with Crippen LogP contribution in [0.5, 0.6) is 11.5 Å². The predicted octanol–water partition coefficient (Wildman–Crippen LogP) is 3.68. The van der Waals surface area contributed by atoms with Crippen LogP contribution in [0.25, 0.3) is 22.2 Å². The summed E-state index contributed by atoms with van der Waals surface area (Å²) in [7, 11) is 2.59. The molecule has 0 spiro atoms. The van der Waals surface area contributed by atoms with E-state index in [9.17, 15) is 4.79 Å². The van der Waals surface area contributed by atoms with Crippen molar-refractivity contribution < 1.29 is 27.8 Å². The van der Waals surface area contributed by atoms with Gasteiger partial charge in [0.25, 0.3) is 0 Å². The summed E-state index contributed by atoms with van der Waals surface area (Å²) in [6.07, 6.45) is 4.93. The van der Waals surface area contributed by atoms with Gasteiger partial charge in [-0.1, -0.05) is 6.58 Å². The average Bonchev–Trinajstić information content (AvgIpc) is 3.70. The normalized spacial score (nSPS) is 19.4. The van der Waals surface area contributed by atoms with E-state index in [4.69, 9.17) is 14.2 Å². The molecule has 39 heavy (non-hydrogen) atoms. The maximum atomic E-state index is 15.3. The zero-order valence-electron chi connectivity index (χ0n) is 21.9. The molecule has 206 valence electrons. The fraction of sp³-hybridized carbons (Fsp3) is 0.407. The first-order valence-corrected chi connectivity index (χ1v) is 12.6. The van der Waals surface area contributed by atoms with E-state index >= 15 is 8.78 Å². The Morgan fingerprint density at radius 1 is 1.13 bits per heavy atom. The van der Waals surface area contributed by atoms with Crippen LogP contribution in [-0.4, -0.2) is 66.4 Å². The summed E-state index contributed by atoms with van der Waals surface area (Å²) in [5.74, 6) is -1.28. The maximum absolute atomic E-state index is 15.3. The third-order valence-electron chi connectivity index (χ3n) is 7.00. The highest BCUT2D eigenvalue weighted by atomic mass is 19.1. The molecule has 1 amide bonds. The summed E-state index contributed by atoms with van der Waals surface area (Å²) < 4.78 is 46.4. The maximum Gasteiger partial charge on any atom is 0.243 e. The van der Waals surface area contributed by atoms with Gasteiger partial charge in [-0.05, 0) is 37.8 Å². The monoisotopic (exact) mass is 540 g/mol. The van der Waals surface area contributed by atoms with E-state index in [1.165, 1.54) is 26.4 Å². The van der Waals surface area contributed by atoms with Gasteiger partial charge in [-0.2, -0.15) is 0 Å². The topological polar surface area (TPSA) is 120 Å². The van der Waals surface area contributed by atoms with Crippen molar-refractivity contribution in [2.45, 2.75) is 37.9 Å². The zero-order valence-corrected chi connectivity index (χ0v) is 21.9. The number of anilines is 2. The number of benzene rings is 1. The Morgan fingerprint density at radius 2 is 1.82 bits per heavy atom. The van der Waals surface area contributed by atoms with Gasteiger partial charge in [0.2, 0.25) is 11.9 Å². The van der Waals surface area contributed by atoms with Crippen molar-refractivity contribution in [2.24, 2.45) is 5.92 Å². The summed E-state index contributed by atoms with van der Waals surface area (Å²) in [6, 6.07) is 2.18. The van der Waals surface area contributed by atoms with Crippen molar-refractivity contribution >= 4 is 28.6 Å². The second-order valence-corrected chi connectivity index (χ2v) is 9.65. The minimum Gasteiger partial charge on any atom is -0.494 e. The quantitative estimate of drug-likeness (QED) is 0.331. The lowest BCUT2D eigenvalue weighted by Crippen LogP contribution is -2.45. The number of amides is 1. The molecule has 5 rings (SSSR count). The summed E-state index contributed by atoms with van der Waals surface area (Å²) in [6.45, 7) is 6.20. The van der Waals surface area contributed by atoms with Crippen LogP contribution in [0.2, 0.25) is 0 Å². The molecule has 3 atom stereocenters. The lowest BCUT2D eigenvalue weighted by molar-refractivity contribution is -0.117. The Hall–Kier alpha value is -4.06. The smallest absolute Gasteiger partial charge is 0.243 e. The molecule has 3 N–H and O–H groups in total. The fourth-order valence-corrected chi connectivity index (χ4v) is 4.62. The van der Waals surface area contributed by atoms with Crippen molar-refractivity contribution in [3.63, 3.8) is 0 Å². The number of methoxy groups -OCH3 is 2. The SMILES string of the molecule is C=CC(=O)N[C@H]1COC[C@H]1Nc1ncc2cc(-c3c(F)c(OC)cc(OC)c3F)nc(N[C@@H](C)C3CC3)c2n1. The van der Waals surface area contributed by atoms with Gasteiger partial charge in [-0.25, -0.2) is 23.7 Å². The highest BCUT2D eigenvalue weighted by molar-refractivity contribution is 5.92. The largest absolute Gasteiger partial charge is 0.494 e. The van der Waals surface area contributed by atoms with Crippen LogP contribution in [0.15, 0.2) is 31.0 Å². The molecule has 2 aliphatic rings. The number of nitrogens with zero attached hydrogens (tertiary/aromatic N) is 3. The summed E-state index contributed by atoms with van der Waals surface area (Å²) in [5, 5.41) is 9.96. The summed E-state index contributed by atoms with van der Waals surface area (Å²) in [4.78, 5) is 25.5. The number of hydrogen-bond donors (Lipinski definition) is 3. The molecule has 2 fully saturated rings. The van der Waals surface area contributed by atoms with Crippen molar-refractivity contribution in [3.05, 3.63) is 42.6 Å². The summed E-state index contributed by atoms with van der Waals surface area (Å²) >= 11 is 0. The molecule has 0 radical (unpaired) electrons. The van der Waals surface area contributed by atoms with Crippen LogP contribution in [0.1, 0.15) is 19.8 Å². The molecule has 10 nitrogen and oxygen atoms in total. The molecule has 1 aliphatic heterocycles. The number of carbonyl (C=O) groups is 1. The Bertz CT molecular complexity index is 1390. The second kappa shape index (κ2) is 11.0. The van der Waals surface area contributed by atoms with Crippen LogP contribution < -0.4 is 25.4 Å². The fourth-order valence-electron chi connectivity index (χ4n) is 4.62. The number of aromatic nitrogens is 3.